The van der Waals surface area contributed by atoms with Gasteiger partial charge in [-0.3, -0.25) is 14.4 Å². The predicted molar refractivity (Wildman–Crippen MR) is 126 cm³/mol. The van der Waals surface area contributed by atoms with Crippen LogP contribution in [0.1, 0.15) is 62.7 Å². The number of rotatable bonds is 6. The summed E-state index contributed by atoms with van der Waals surface area (Å²) in [6.07, 6.45) is 8.96. The molecule has 1 aliphatic heterocycles. The maximum absolute atomic E-state index is 14.8. The van der Waals surface area contributed by atoms with E-state index in [0.29, 0.717) is 26.2 Å². The number of halogens is 1. The molecule has 2 aromatic rings. The second kappa shape index (κ2) is 10.5. The molecular formula is C25H34FN5O3. The van der Waals surface area contributed by atoms with Crippen LogP contribution < -0.4 is 5.32 Å². The van der Waals surface area contributed by atoms with Crippen molar-refractivity contribution in [3.05, 3.63) is 35.9 Å². The minimum absolute atomic E-state index is 0.00803. The van der Waals surface area contributed by atoms with Gasteiger partial charge >= 0.3 is 0 Å². The molecule has 34 heavy (non-hydrogen) atoms. The fourth-order valence-corrected chi connectivity index (χ4v) is 4.95. The molecule has 9 heteroatoms. The minimum atomic E-state index is -0.589. The van der Waals surface area contributed by atoms with Gasteiger partial charge in [0.05, 0.1) is 11.8 Å². The zero-order valence-corrected chi connectivity index (χ0v) is 20.0. The molecule has 0 unspecified atom stereocenters. The molecular weight excluding hydrogens is 437 g/mol. The van der Waals surface area contributed by atoms with Crippen molar-refractivity contribution >= 4 is 23.2 Å². The third-order valence-corrected chi connectivity index (χ3v) is 7.37. The van der Waals surface area contributed by atoms with Crippen molar-refractivity contribution in [2.45, 2.75) is 58.4 Å². The Bertz CT molecular complexity index is 1040. The van der Waals surface area contributed by atoms with Gasteiger partial charge in [0.2, 0.25) is 11.8 Å². The average Bonchev–Trinajstić information content (AvgIpc) is 3.36. The number of nitrogens with one attached hydrogen (secondary N) is 1. The van der Waals surface area contributed by atoms with Crippen LogP contribution in [-0.4, -0.2) is 69.4 Å². The summed E-state index contributed by atoms with van der Waals surface area (Å²) < 4.78 is 16.2. The highest BCUT2D eigenvalue weighted by Crippen LogP contribution is 2.28. The summed E-state index contributed by atoms with van der Waals surface area (Å²) in [7, 11) is 0. The summed E-state index contributed by atoms with van der Waals surface area (Å²) >= 11 is 0. The maximum atomic E-state index is 14.8. The van der Waals surface area contributed by atoms with Crippen molar-refractivity contribution < 1.29 is 18.8 Å². The van der Waals surface area contributed by atoms with E-state index >= 15 is 0 Å². The van der Waals surface area contributed by atoms with Gasteiger partial charge in [-0.05, 0) is 37.3 Å². The molecule has 8 nitrogen and oxygen atoms in total. The monoisotopic (exact) mass is 471 g/mol. The van der Waals surface area contributed by atoms with Gasteiger partial charge in [-0.1, -0.05) is 33.1 Å². The van der Waals surface area contributed by atoms with Crippen molar-refractivity contribution in [3.63, 3.8) is 0 Å². The van der Waals surface area contributed by atoms with E-state index in [1.807, 2.05) is 13.8 Å². The molecule has 2 aromatic heterocycles. The molecule has 1 N–H and O–H groups in total. The second-order valence-electron chi connectivity index (χ2n) is 9.52. The summed E-state index contributed by atoms with van der Waals surface area (Å²) in [6.45, 7) is 5.22. The van der Waals surface area contributed by atoms with Crippen LogP contribution in [0.15, 0.2) is 24.5 Å². The zero-order valence-electron chi connectivity index (χ0n) is 20.0. The molecule has 1 aliphatic carbocycles. The number of piperazine rings is 1. The Balaban J connectivity index is 1.42. The van der Waals surface area contributed by atoms with Crippen LogP contribution in [0.3, 0.4) is 0 Å². The summed E-state index contributed by atoms with van der Waals surface area (Å²) in [6, 6.07) is 2.45. The highest BCUT2D eigenvalue weighted by molar-refractivity contribution is 5.96. The number of carbonyl (C=O) groups is 3. The van der Waals surface area contributed by atoms with Gasteiger partial charge in [0.25, 0.3) is 5.91 Å². The van der Waals surface area contributed by atoms with E-state index in [-0.39, 0.29) is 40.6 Å². The zero-order chi connectivity index (χ0) is 24.2. The van der Waals surface area contributed by atoms with E-state index in [1.54, 1.807) is 16.0 Å². The third kappa shape index (κ3) is 4.93. The molecule has 3 heterocycles. The third-order valence-electron chi connectivity index (χ3n) is 7.37. The topological polar surface area (TPSA) is 87.0 Å². The van der Waals surface area contributed by atoms with E-state index < -0.39 is 11.9 Å². The number of pyridine rings is 1. The van der Waals surface area contributed by atoms with E-state index in [0.717, 1.165) is 32.1 Å². The molecule has 4 rings (SSSR count). The Morgan fingerprint density at radius 3 is 2.44 bits per heavy atom. The Morgan fingerprint density at radius 1 is 1.09 bits per heavy atom. The number of nitrogens with zero attached hydrogens (tertiary/aromatic N) is 4. The molecule has 0 radical (unpaired) electrons. The predicted octanol–water partition coefficient (Wildman–Crippen LogP) is 2.87. The molecule has 2 aliphatic rings. The van der Waals surface area contributed by atoms with Gasteiger partial charge in [-0.15, -0.1) is 0 Å². The Morgan fingerprint density at radius 2 is 1.76 bits per heavy atom. The van der Waals surface area contributed by atoms with E-state index in [1.165, 1.54) is 29.3 Å². The molecule has 0 spiro atoms. The number of hydrogen-bond acceptors (Lipinski definition) is 4. The van der Waals surface area contributed by atoms with Crippen LogP contribution in [0, 0.1) is 17.7 Å². The lowest BCUT2D eigenvalue weighted by Crippen LogP contribution is -2.58. The van der Waals surface area contributed by atoms with Crippen LogP contribution in [0.4, 0.5) is 4.39 Å². The standard InChI is InChI=1S/C25H34FN5O3/c1-3-17(2)23(32)28-22(18-7-5-4-6-8-18)25(34)30-15-13-29(14-16-30)24(33)19-10-12-31-20(21(19)26)9-11-27-31/h9-12,17-18,22H,3-8,13-16H2,1-2H3,(H,28,32)/t17-,22+/m1/s1. The summed E-state index contributed by atoms with van der Waals surface area (Å²) in [4.78, 5) is 42.5. The Kier molecular flexibility index (Phi) is 7.48. The van der Waals surface area contributed by atoms with Gasteiger partial charge in [0, 0.05) is 38.3 Å². The van der Waals surface area contributed by atoms with Gasteiger partial charge in [0.1, 0.15) is 11.6 Å². The van der Waals surface area contributed by atoms with Gasteiger partial charge in [0.15, 0.2) is 5.82 Å². The van der Waals surface area contributed by atoms with E-state index in [4.69, 9.17) is 0 Å². The molecule has 0 bridgehead atoms. The summed E-state index contributed by atoms with van der Waals surface area (Å²) in [5.41, 5.74) is 0.265. The molecule has 1 saturated carbocycles. The van der Waals surface area contributed by atoms with Crippen LogP contribution >= 0.6 is 0 Å². The van der Waals surface area contributed by atoms with Crippen LogP contribution in [0.25, 0.3) is 5.52 Å². The molecule has 2 atom stereocenters. The first-order chi connectivity index (χ1) is 16.4. The second-order valence-corrected chi connectivity index (χ2v) is 9.52. The highest BCUT2D eigenvalue weighted by atomic mass is 19.1. The maximum Gasteiger partial charge on any atom is 0.257 e. The Hall–Kier alpha value is -2.97. The largest absolute Gasteiger partial charge is 0.344 e. The van der Waals surface area contributed by atoms with Gasteiger partial charge in [-0.2, -0.15) is 5.10 Å². The minimum Gasteiger partial charge on any atom is -0.344 e. The lowest BCUT2D eigenvalue weighted by molar-refractivity contribution is -0.140. The van der Waals surface area contributed by atoms with Crippen molar-refractivity contribution in [2.75, 3.05) is 26.2 Å². The molecule has 2 fully saturated rings. The summed E-state index contributed by atoms with van der Waals surface area (Å²) in [5.74, 6) is -1.12. The van der Waals surface area contributed by atoms with Crippen LogP contribution in [0.5, 0.6) is 0 Å². The van der Waals surface area contributed by atoms with Crippen molar-refractivity contribution in [1.29, 1.82) is 0 Å². The number of hydrogen-bond donors (Lipinski definition) is 1. The van der Waals surface area contributed by atoms with Crippen molar-refractivity contribution in [3.8, 4) is 0 Å². The number of amides is 3. The normalized spacial score (nSPS) is 19.1. The molecule has 1 saturated heterocycles. The SMILES string of the molecule is CC[C@@H](C)C(=O)N[C@H](C(=O)N1CCN(C(=O)c2ccn3nccc3c2F)CC1)C1CCCCC1. The van der Waals surface area contributed by atoms with Crippen LogP contribution in [-0.2, 0) is 9.59 Å². The fourth-order valence-electron chi connectivity index (χ4n) is 4.95. The summed E-state index contributed by atoms with van der Waals surface area (Å²) in [5, 5.41) is 7.04. The van der Waals surface area contributed by atoms with Gasteiger partial charge in [-0.25, -0.2) is 8.91 Å². The number of fused-ring (bicyclic) bond motifs is 1. The fraction of sp³-hybridized carbons (Fsp3) is 0.600. The average molecular weight is 472 g/mol. The molecule has 3 amide bonds. The Labute approximate surface area is 199 Å². The van der Waals surface area contributed by atoms with E-state index in [2.05, 4.69) is 10.4 Å². The van der Waals surface area contributed by atoms with E-state index in [9.17, 15) is 18.8 Å². The van der Waals surface area contributed by atoms with Crippen LogP contribution in [0.2, 0.25) is 0 Å². The number of carbonyl (C=O) groups excluding carboxylic acids is 3. The van der Waals surface area contributed by atoms with Gasteiger partial charge < -0.3 is 15.1 Å². The first kappa shape index (κ1) is 24.2. The molecule has 0 aromatic carbocycles. The highest BCUT2D eigenvalue weighted by Gasteiger charge is 2.36. The lowest BCUT2D eigenvalue weighted by atomic mass is 9.83. The molecule has 184 valence electrons. The van der Waals surface area contributed by atoms with Crippen molar-refractivity contribution in [1.82, 2.24) is 24.7 Å². The first-order valence-electron chi connectivity index (χ1n) is 12.4. The lowest BCUT2D eigenvalue weighted by Gasteiger charge is -2.39. The first-order valence-corrected chi connectivity index (χ1v) is 12.4. The smallest absolute Gasteiger partial charge is 0.257 e. The number of aromatic nitrogens is 2. The van der Waals surface area contributed by atoms with Crippen molar-refractivity contribution in [2.24, 2.45) is 11.8 Å². The quantitative estimate of drug-likeness (QED) is 0.702.